The molecule has 0 saturated heterocycles. The van der Waals surface area contributed by atoms with Gasteiger partial charge in [-0.2, -0.15) is 0 Å². The lowest BCUT2D eigenvalue weighted by Gasteiger charge is -2.13. The van der Waals surface area contributed by atoms with E-state index in [-0.39, 0.29) is 0 Å². The molecule has 0 aliphatic rings. The number of aromatic nitrogens is 1. The van der Waals surface area contributed by atoms with Crippen molar-refractivity contribution in [2.24, 2.45) is 0 Å². The molecule has 0 aliphatic heterocycles. The number of hydrogen-bond donors (Lipinski definition) is 0. The maximum atomic E-state index is 2.42. The van der Waals surface area contributed by atoms with Crippen LogP contribution in [-0.4, -0.2) is 4.57 Å². The molecule has 0 fully saturated rings. The minimum atomic E-state index is 1.15. The van der Waals surface area contributed by atoms with Crippen molar-refractivity contribution in [1.82, 2.24) is 4.57 Å². The Balaban J connectivity index is 1.10. The number of nitrogens with zero attached hydrogens (tertiary/aromatic N) is 1. The highest BCUT2D eigenvalue weighted by molar-refractivity contribution is 7.25. The van der Waals surface area contributed by atoms with Crippen LogP contribution in [0.1, 0.15) is 0 Å². The quantitative estimate of drug-likeness (QED) is 0.174. The van der Waals surface area contributed by atoms with Crippen LogP contribution in [0.3, 0.4) is 0 Å². The van der Waals surface area contributed by atoms with Gasteiger partial charge in [-0.25, -0.2) is 0 Å². The normalized spacial score (nSPS) is 11.6. The van der Waals surface area contributed by atoms with Crippen LogP contribution in [0, 0.1) is 0 Å². The fourth-order valence-electron chi connectivity index (χ4n) is 7.53. The first-order valence-electron chi connectivity index (χ1n) is 17.1. The minimum absolute atomic E-state index is 1.15. The molecule has 1 nitrogen and oxygen atoms in total. The number of thiophene rings is 1. The average Bonchev–Trinajstić information content (AvgIpc) is 3.73. The van der Waals surface area contributed by atoms with Gasteiger partial charge in [0.2, 0.25) is 0 Å². The van der Waals surface area contributed by atoms with Crippen molar-refractivity contribution in [3.05, 3.63) is 188 Å². The third-order valence-electron chi connectivity index (χ3n) is 9.99. The van der Waals surface area contributed by atoms with E-state index in [0.29, 0.717) is 0 Å². The van der Waals surface area contributed by atoms with Crippen molar-refractivity contribution < 1.29 is 0 Å². The van der Waals surface area contributed by atoms with Gasteiger partial charge in [0.25, 0.3) is 0 Å². The van der Waals surface area contributed by atoms with E-state index in [1.807, 2.05) is 11.3 Å². The van der Waals surface area contributed by atoms with Gasteiger partial charge in [-0.05, 0) is 105 Å². The summed E-state index contributed by atoms with van der Waals surface area (Å²) in [6.45, 7) is 0. The third kappa shape index (κ3) is 4.84. The Morgan fingerprint density at radius 1 is 0.280 bits per heavy atom. The molecule has 0 spiro atoms. The Hall–Kier alpha value is -6.22. The van der Waals surface area contributed by atoms with Gasteiger partial charge in [0, 0.05) is 36.6 Å². The van der Waals surface area contributed by atoms with Crippen LogP contribution in [0.25, 0.3) is 92.2 Å². The zero-order valence-electron chi connectivity index (χ0n) is 27.3. The topological polar surface area (TPSA) is 4.93 Å². The van der Waals surface area contributed by atoms with Crippen LogP contribution >= 0.6 is 11.3 Å². The molecular weight excluding hydrogens is 623 g/mol. The predicted octanol–water partition coefficient (Wildman–Crippen LogP) is 13.8. The molecule has 0 radical (unpaired) electrons. The lowest BCUT2D eigenvalue weighted by atomic mass is 9.93. The Morgan fingerprint density at radius 3 is 1.48 bits per heavy atom. The summed E-state index contributed by atoms with van der Waals surface area (Å²) < 4.78 is 5.09. The molecule has 0 saturated carbocycles. The van der Waals surface area contributed by atoms with Crippen LogP contribution in [0.5, 0.6) is 0 Å². The number of para-hydroxylation sites is 1. The van der Waals surface area contributed by atoms with Crippen molar-refractivity contribution in [2.45, 2.75) is 0 Å². The number of benzene rings is 8. The Bertz CT molecular complexity index is 2780. The zero-order valence-corrected chi connectivity index (χ0v) is 28.1. The van der Waals surface area contributed by atoms with Gasteiger partial charge in [-0.15, -0.1) is 11.3 Å². The summed E-state index contributed by atoms with van der Waals surface area (Å²) in [6.07, 6.45) is 0. The highest BCUT2D eigenvalue weighted by atomic mass is 32.1. The minimum Gasteiger partial charge on any atom is -0.309 e. The number of rotatable bonds is 5. The summed E-state index contributed by atoms with van der Waals surface area (Å²) >= 11 is 1.87. The highest BCUT2D eigenvalue weighted by Gasteiger charge is 2.15. The maximum Gasteiger partial charge on any atom is 0.0547 e. The van der Waals surface area contributed by atoms with Crippen molar-refractivity contribution in [1.29, 1.82) is 0 Å². The Kier molecular flexibility index (Phi) is 6.75. The van der Waals surface area contributed by atoms with E-state index in [1.165, 1.54) is 86.5 Å². The monoisotopic (exact) mass is 653 g/mol. The van der Waals surface area contributed by atoms with Crippen molar-refractivity contribution in [3.63, 3.8) is 0 Å². The molecular formula is C48H31NS. The Morgan fingerprint density at radius 2 is 0.780 bits per heavy atom. The molecule has 8 aromatic carbocycles. The molecule has 0 atom stereocenters. The summed E-state index contributed by atoms with van der Waals surface area (Å²) in [5, 5.41) is 5.18. The lowest BCUT2D eigenvalue weighted by Crippen LogP contribution is -1.94. The summed E-state index contributed by atoms with van der Waals surface area (Å²) in [4.78, 5) is 0. The summed E-state index contributed by atoms with van der Waals surface area (Å²) in [5.41, 5.74) is 13.3. The predicted molar refractivity (Wildman–Crippen MR) is 215 cm³/mol. The van der Waals surface area contributed by atoms with Gasteiger partial charge < -0.3 is 4.57 Å². The summed E-state index contributed by atoms with van der Waals surface area (Å²) in [7, 11) is 0. The molecule has 10 aromatic rings. The maximum absolute atomic E-state index is 2.42. The van der Waals surface area contributed by atoms with E-state index in [0.717, 1.165) is 5.69 Å². The standard InChI is InChI=1S/C48H31NS/c1-3-11-32(12-4-1)37-27-38(33-13-5-2-6-14-33)29-39(28-37)34-19-23-40(24-20-34)49-45-17-9-7-15-41(45)42-25-21-36(31-46(42)49)35-22-26-48-44(30-35)43-16-8-10-18-47(43)50-48/h1-31H. The van der Waals surface area contributed by atoms with Crippen LogP contribution in [0.4, 0.5) is 0 Å². The first-order chi connectivity index (χ1) is 24.8. The second-order valence-corrected chi connectivity index (χ2v) is 14.1. The SMILES string of the molecule is c1ccc(-c2cc(-c3ccccc3)cc(-c3ccc(-n4c5ccccc5c5ccc(-c6ccc7sc8ccccc8c7c6)cc54)cc3)c2)cc1. The van der Waals surface area contributed by atoms with E-state index in [2.05, 4.69) is 193 Å². The first kappa shape index (κ1) is 28.8. The van der Waals surface area contributed by atoms with Crippen molar-refractivity contribution in [3.8, 4) is 50.2 Å². The van der Waals surface area contributed by atoms with Crippen molar-refractivity contribution in [2.75, 3.05) is 0 Å². The van der Waals surface area contributed by atoms with Crippen LogP contribution in [0.15, 0.2) is 188 Å². The van der Waals surface area contributed by atoms with Gasteiger partial charge in [0.1, 0.15) is 0 Å². The molecule has 2 heteroatoms. The summed E-state index contributed by atoms with van der Waals surface area (Å²) in [6, 6.07) is 68.7. The smallest absolute Gasteiger partial charge is 0.0547 e. The van der Waals surface area contributed by atoms with Crippen LogP contribution < -0.4 is 0 Å². The van der Waals surface area contributed by atoms with Gasteiger partial charge >= 0.3 is 0 Å². The van der Waals surface area contributed by atoms with E-state index >= 15 is 0 Å². The molecule has 10 rings (SSSR count). The van der Waals surface area contributed by atoms with Crippen LogP contribution in [-0.2, 0) is 0 Å². The third-order valence-corrected chi connectivity index (χ3v) is 11.1. The molecule has 0 aliphatic carbocycles. The van der Waals surface area contributed by atoms with Gasteiger partial charge in [0.05, 0.1) is 11.0 Å². The Labute approximate surface area is 295 Å². The molecule has 0 N–H and O–H groups in total. The molecule has 2 aromatic heterocycles. The molecule has 50 heavy (non-hydrogen) atoms. The van der Waals surface area contributed by atoms with Crippen molar-refractivity contribution >= 4 is 53.3 Å². The molecule has 0 amide bonds. The lowest BCUT2D eigenvalue weighted by molar-refractivity contribution is 1.18. The van der Waals surface area contributed by atoms with E-state index in [9.17, 15) is 0 Å². The molecule has 0 bridgehead atoms. The van der Waals surface area contributed by atoms with E-state index in [4.69, 9.17) is 0 Å². The first-order valence-corrected chi connectivity index (χ1v) is 17.9. The summed E-state index contributed by atoms with van der Waals surface area (Å²) in [5.74, 6) is 0. The molecule has 0 unspecified atom stereocenters. The second kappa shape index (κ2) is 11.7. The number of hydrogen-bond acceptors (Lipinski definition) is 1. The zero-order chi connectivity index (χ0) is 33.0. The fraction of sp³-hybridized carbons (Fsp3) is 0. The largest absolute Gasteiger partial charge is 0.309 e. The number of fused-ring (bicyclic) bond motifs is 6. The average molecular weight is 654 g/mol. The highest BCUT2D eigenvalue weighted by Crippen LogP contribution is 2.39. The van der Waals surface area contributed by atoms with Gasteiger partial charge in [-0.3, -0.25) is 0 Å². The van der Waals surface area contributed by atoms with E-state index < -0.39 is 0 Å². The van der Waals surface area contributed by atoms with Crippen LogP contribution in [0.2, 0.25) is 0 Å². The van der Waals surface area contributed by atoms with Gasteiger partial charge in [-0.1, -0.05) is 127 Å². The van der Waals surface area contributed by atoms with E-state index in [1.54, 1.807) is 0 Å². The fourth-order valence-corrected chi connectivity index (χ4v) is 8.61. The molecule has 234 valence electrons. The second-order valence-electron chi connectivity index (χ2n) is 13.0. The molecule has 2 heterocycles. The van der Waals surface area contributed by atoms with Gasteiger partial charge in [0.15, 0.2) is 0 Å².